The lowest BCUT2D eigenvalue weighted by molar-refractivity contribution is -0.131. The molecule has 1 amide bonds. The first-order valence-electron chi connectivity index (χ1n) is 9.40. The van der Waals surface area contributed by atoms with Gasteiger partial charge in [-0.1, -0.05) is 30.3 Å². The second-order valence-corrected chi connectivity index (χ2v) is 6.94. The van der Waals surface area contributed by atoms with Crippen LogP contribution < -0.4 is 10.6 Å². The Balaban J connectivity index is 0.00000364. The van der Waals surface area contributed by atoms with E-state index in [1.54, 1.807) is 14.2 Å². The molecular weight excluding hydrogens is 455 g/mol. The van der Waals surface area contributed by atoms with Crippen LogP contribution in [0.15, 0.2) is 35.3 Å². The molecule has 2 N–H and O–H groups in total. The number of carbonyl (C=O) groups excluding carboxylic acids is 1. The normalized spacial score (nSPS) is 16.4. The monoisotopic (exact) mass is 488 g/mol. The van der Waals surface area contributed by atoms with Gasteiger partial charge in [0, 0.05) is 33.3 Å². The molecule has 1 saturated heterocycles. The standard InChI is InChI=1S/C20H32N4O2.HI/c1-16(15-26-3)23-20(21-2)22-14-19(25)24-11-9-18(10-12-24)13-17-7-5-4-6-8-17;/h4-8,16,18H,9-15H2,1-3H3,(H2,21,22,23);1H. The third-order valence-corrected chi connectivity index (χ3v) is 4.76. The summed E-state index contributed by atoms with van der Waals surface area (Å²) < 4.78 is 5.10. The third-order valence-electron chi connectivity index (χ3n) is 4.76. The molecule has 152 valence electrons. The molecule has 0 radical (unpaired) electrons. The van der Waals surface area contributed by atoms with Gasteiger partial charge < -0.3 is 20.3 Å². The largest absolute Gasteiger partial charge is 0.383 e. The number of ether oxygens (including phenoxy) is 1. The molecule has 2 rings (SSSR count). The van der Waals surface area contributed by atoms with Gasteiger partial charge in [0.05, 0.1) is 13.2 Å². The molecule has 1 unspecified atom stereocenters. The van der Waals surface area contributed by atoms with Crippen LogP contribution >= 0.6 is 24.0 Å². The molecule has 0 bridgehead atoms. The maximum Gasteiger partial charge on any atom is 0.241 e. The molecule has 1 heterocycles. The average molecular weight is 488 g/mol. The number of aliphatic imine (C=N–C) groups is 1. The molecule has 1 atom stereocenters. The Hall–Kier alpha value is -1.35. The summed E-state index contributed by atoms with van der Waals surface area (Å²) in [6.45, 7) is 4.54. The van der Waals surface area contributed by atoms with Gasteiger partial charge in [0.2, 0.25) is 5.91 Å². The van der Waals surface area contributed by atoms with Crippen LogP contribution in [0.25, 0.3) is 0 Å². The number of rotatable bonds is 7. The van der Waals surface area contributed by atoms with Crippen LogP contribution in [-0.2, 0) is 16.0 Å². The number of piperidine rings is 1. The summed E-state index contributed by atoms with van der Waals surface area (Å²) in [4.78, 5) is 18.6. The number of benzene rings is 1. The number of likely N-dealkylation sites (tertiary alicyclic amines) is 1. The van der Waals surface area contributed by atoms with Crippen molar-refractivity contribution in [1.82, 2.24) is 15.5 Å². The van der Waals surface area contributed by atoms with Crippen LogP contribution in [0.3, 0.4) is 0 Å². The van der Waals surface area contributed by atoms with Crippen LogP contribution in [0.5, 0.6) is 0 Å². The number of halogens is 1. The van der Waals surface area contributed by atoms with Gasteiger partial charge in [-0.3, -0.25) is 9.79 Å². The van der Waals surface area contributed by atoms with Gasteiger partial charge in [0.1, 0.15) is 0 Å². The number of hydrogen-bond donors (Lipinski definition) is 2. The minimum Gasteiger partial charge on any atom is -0.383 e. The molecule has 0 spiro atoms. The van der Waals surface area contributed by atoms with E-state index in [4.69, 9.17) is 4.74 Å². The zero-order valence-electron chi connectivity index (χ0n) is 16.6. The van der Waals surface area contributed by atoms with Gasteiger partial charge in [0.15, 0.2) is 5.96 Å². The maximum absolute atomic E-state index is 12.5. The molecule has 0 saturated carbocycles. The number of guanidine groups is 1. The fourth-order valence-electron chi connectivity index (χ4n) is 3.32. The molecule has 7 heteroatoms. The molecule has 0 aliphatic carbocycles. The molecule has 1 aromatic rings. The zero-order chi connectivity index (χ0) is 18.8. The Morgan fingerprint density at radius 2 is 1.96 bits per heavy atom. The highest BCUT2D eigenvalue weighted by Crippen LogP contribution is 2.21. The average Bonchev–Trinajstić information content (AvgIpc) is 2.66. The summed E-state index contributed by atoms with van der Waals surface area (Å²) in [5.41, 5.74) is 1.39. The molecule has 1 aromatic carbocycles. The van der Waals surface area contributed by atoms with Crippen molar-refractivity contribution >= 4 is 35.8 Å². The van der Waals surface area contributed by atoms with Gasteiger partial charge in [-0.05, 0) is 37.7 Å². The lowest BCUT2D eigenvalue weighted by Crippen LogP contribution is -2.49. The maximum atomic E-state index is 12.5. The van der Waals surface area contributed by atoms with E-state index in [9.17, 15) is 4.79 Å². The van der Waals surface area contributed by atoms with Crippen LogP contribution in [0, 0.1) is 5.92 Å². The molecule has 1 aliphatic heterocycles. The number of amides is 1. The topological polar surface area (TPSA) is 66.0 Å². The summed E-state index contributed by atoms with van der Waals surface area (Å²) in [6, 6.07) is 10.7. The second kappa shape index (κ2) is 12.9. The van der Waals surface area contributed by atoms with Crippen molar-refractivity contribution in [3.05, 3.63) is 35.9 Å². The lowest BCUT2D eigenvalue weighted by Gasteiger charge is -2.32. The van der Waals surface area contributed by atoms with E-state index >= 15 is 0 Å². The second-order valence-electron chi connectivity index (χ2n) is 6.94. The van der Waals surface area contributed by atoms with Gasteiger partial charge in [-0.15, -0.1) is 24.0 Å². The lowest BCUT2D eigenvalue weighted by atomic mass is 9.90. The van der Waals surface area contributed by atoms with Crippen LogP contribution in [0.1, 0.15) is 25.3 Å². The Morgan fingerprint density at radius 3 is 2.56 bits per heavy atom. The minimum absolute atomic E-state index is 0. The Kier molecular flexibility index (Phi) is 11.3. The Labute approximate surface area is 180 Å². The van der Waals surface area contributed by atoms with Crippen molar-refractivity contribution in [2.75, 3.05) is 40.4 Å². The fourth-order valence-corrected chi connectivity index (χ4v) is 3.32. The SMILES string of the molecule is CN=C(NCC(=O)N1CCC(Cc2ccccc2)CC1)NC(C)COC.I. The van der Waals surface area contributed by atoms with Crippen molar-refractivity contribution < 1.29 is 9.53 Å². The van der Waals surface area contributed by atoms with Crippen molar-refractivity contribution in [3.8, 4) is 0 Å². The Bertz CT molecular complexity index is 575. The first-order chi connectivity index (χ1) is 12.6. The molecule has 27 heavy (non-hydrogen) atoms. The number of nitrogens with one attached hydrogen (secondary N) is 2. The molecular formula is C20H33IN4O2. The summed E-state index contributed by atoms with van der Waals surface area (Å²) >= 11 is 0. The summed E-state index contributed by atoms with van der Waals surface area (Å²) in [5, 5.41) is 6.30. The van der Waals surface area contributed by atoms with E-state index in [0.29, 0.717) is 18.5 Å². The van der Waals surface area contributed by atoms with E-state index in [0.717, 1.165) is 32.4 Å². The predicted octanol–water partition coefficient (Wildman–Crippen LogP) is 2.29. The van der Waals surface area contributed by atoms with E-state index in [-0.39, 0.29) is 42.5 Å². The highest BCUT2D eigenvalue weighted by Gasteiger charge is 2.23. The van der Waals surface area contributed by atoms with Crippen molar-refractivity contribution in [1.29, 1.82) is 0 Å². The van der Waals surface area contributed by atoms with Gasteiger partial charge in [0.25, 0.3) is 0 Å². The highest BCUT2D eigenvalue weighted by atomic mass is 127. The smallest absolute Gasteiger partial charge is 0.241 e. The Morgan fingerprint density at radius 1 is 1.30 bits per heavy atom. The summed E-state index contributed by atoms with van der Waals surface area (Å²) in [5.74, 6) is 1.42. The van der Waals surface area contributed by atoms with Crippen LogP contribution in [0.2, 0.25) is 0 Å². The number of methoxy groups -OCH3 is 1. The number of carbonyl (C=O) groups is 1. The first-order valence-corrected chi connectivity index (χ1v) is 9.40. The van der Waals surface area contributed by atoms with Gasteiger partial charge >= 0.3 is 0 Å². The van der Waals surface area contributed by atoms with Gasteiger partial charge in [-0.25, -0.2) is 0 Å². The molecule has 0 aromatic heterocycles. The van der Waals surface area contributed by atoms with E-state index in [1.165, 1.54) is 5.56 Å². The summed E-state index contributed by atoms with van der Waals surface area (Å²) in [6.07, 6.45) is 3.24. The van der Waals surface area contributed by atoms with Crippen molar-refractivity contribution in [2.45, 2.75) is 32.2 Å². The molecule has 1 aliphatic rings. The van der Waals surface area contributed by atoms with Crippen molar-refractivity contribution in [3.63, 3.8) is 0 Å². The minimum atomic E-state index is 0. The van der Waals surface area contributed by atoms with Gasteiger partial charge in [-0.2, -0.15) is 0 Å². The number of nitrogens with zero attached hydrogens (tertiary/aromatic N) is 2. The number of hydrogen-bond acceptors (Lipinski definition) is 3. The zero-order valence-corrected chi connectivity index (χ0v) is 18.9. The molecule has 6 nitrogen and oxygen atoms in total. The summed E-state index contributed by atoms with van der Waals surface area (Å²) in [7, 11) is 3.37. The quantitative estimate of drug-likeness (QED) is 0.351. The van der Waals surface area contributed by atoms with E-state index in [2.05, 4.69) is 46.0 Å². The highest BCUT2D eigenvalue weighted by molar-refractivity contribution is 14.0. The molecule has 1 fully saturated rings. The fraction of sp³-hybridized carbons (Fsp3) is 0.600. The van der Waals surface area contributed by atoms with Crippen LogP contribution in [-0.4, -0.2) is 63.2 Å². The van der Waals surface area contributed by atoms with Crippen LogP contribution in [0.4, 0.5) is 0 Å². The van der Waals surface area contributed by atoms with E-state index < -0.39 is 0 Å². The van der Waals surface area contributed by atoms with Crippen molar-refractivity contribution in [2.24, 2.45) is 10.9 Å². The van der Waals surface area contributed by atoms with E-state index in [1.807, 2.05) is 11.8 Å². The predicted molar refractivity (Wildman–Crippen MR) is 121 cm³/mol. The first kappa shape index (κ1) is 23.7. The third kappa shape index (κ3) is 8.47.